The molecule has 0 saturated heterocycles. The van der Waals surface area contributed by atoms with Gasteiger partial charge in [-0.3, -0.25) is 9.36 Å². The van der Waals surface area contributed by atoms with Crippen LogP contribution in [0.25, 0.3) is 11.4 Å². The molecule has 0 fully saturated rings. The number of nitrogens with one attached hydrogen (secondary N) is 2. The van der Waals surface area contributed by atoms with Crippen molar-refractivity contribution in [3.63, 3.8) is 0 Å². The standard InChI is InChI=1S/C20H16ClN5OS/c1-13-18(12-23-26(13)17-7-2-4-14(21)10-17)19(27)24-15-5-3-6-16(11-15)25-9-8-22-20(25)28/h2-12H,1H3,(H,22,28)(H,24,27). The summed E-state index contributed by atoms with van der Waals surface area (Å²) < 4.78 is 4.10. The lowest BCUT2D eigenvalue weighted by Crippen LogP contribution is -2.13. The summed E-state index contributed by atoms with van der Waals surface area (Å²) in [6, 6.07) is 14.8. The quantitative estimate of drug-likeness (QED) is 0.469. The Balaban J connectivity index is 1.60. The minimum Gasteiger partial charge on any atom is -0.337 e. The fourth-order valence-corrected chi connectivity index (χ4v) is 3.38. The number of carbonyl (C=O) groups excluding carboxylic acids is 1. The summed E-state index contributed by atoms with van der Waals surface area (Å²) in [5, 5.41) is 7.87. The molecule has 4 rings (SSSR count). The second kappa shape index (κ2) is 7.46. The predicted molar refractivity (Wildman–Crippen MR) is 112 cm³/mol. The molecular weight excluding hydrogens is 394 g/mol. The SMILES string of the molecule is Cc1c(C(=O)Nc2cccc(-n3cc[nH]c3=S)c2)cnn1-c1cccc(Cl)c1. The van der Waals surface area contributed by atoms with Crippen LogP contribution in [0, 0.1) is 11.7 Å². The van der Waals surface area contributed by atoms with E-state index in [1.807, 2.05) is 54.1 Å². The van der Waals surface area contributed by atoms with Crippen molar-refractivity contribution in [2.24, 2.45) is 0 Å². The highest BCUT2D eigenvalue weighted by atomic mass is 35.5. The Bertz CT molecular complexity index is 1220. The molecule has 0 spiro atoms. The first kappa shape index (κ1) is 18.2. The molecule has 8 heteroatoms. The van der Waals surface area contributed by atoms with Crippen molar-refractivity contribution in [1.82, 2.24) is 19.3 Å². The molecule has 0 radical (unpaired) electrons. The predicted octanol–water partition coefficient (Wildman–Crippen LogP) is 4.93. The fourth-order valence-electron chi connectivity index (χ4n) is 2.96. The largest absolute Gasteiger partial charge is 0.337 e. The molecule has 0 unspecified atom stereocenters. The molecule has 28 heavy (non-hydrogen) atoms. The highest BCUT2D eigenvalue weighted by Gasteiger charge is 2.16. The molecule has 1 amide bonds. The lowest BCUT2D eigenvalue weighted by Gasteiger charge is -2.09. The second-order valence-corrected chi connectivity index (χ2v) is 7.00. The Morgan fingerprint density at radius 1 is 1.18 bits per heavy atom. The molecule has 4 aromatic rings. The van der Waals surface area contributed by atoms with Gasteiger partial charge in [-0.05, 0) is 55.5 Å². The van der Waals surface area contributed by atoms with Crippen molar-refractivity contribution in [3.8, 4) is 11.4 Å². The first-order valence-corrected chi connectivity index (χ1v) is 9.30. The zero-order valence-corrected chi connectivity index (χ0v) is 16.5. The van der Waals surface area contributed by atoms with Crippen molar-refractivity contribution in [2.75, 3.05) is 5.32 Å². The normalized spacial score (nSPS) is 10.8. The molecule has 6 nitrogen and oxygen atoms in total. The van der Waals surface area contributed by atoms with Crippen LogP contribution in [-0.4, -0.2) is 25.2 Å². The highest BCUT2D eigenvalue weighted by molar-refractivity contribution is 7.71. The van der Waals surface area contributed by atoms with Gasteiger partial charge in [0, 0.05) is 28.8 Å². The number of imidazole rings is 1. The lowest BCUT2D eigenvalue weighted by molar-refractivity contribution is 0.102. The number of hydrogen-bond acceptors (Lipinski definition) is 3. The van der Waals surface area contributed by atoms with Crippen LogP contribution in [0.1, 0.15) is 16.1 Å². The summed E-state index contributed by atoms with van der Waals surface area (Å²) in [7, 11) is 0. The van der Waals surface area contributed by atoms with Crippen molar-refractivity contribution < 1.29 is 4.79 Å². The second-order valence-electron chi connectivity index (χ2n) is 6.18. The van der Waals surface area contributed by atoms with Crippen LogP contribution in [0.3, 0.4) is 0 Å². The van der Waals surface area contributed by atoms with E-state index in [0.29, 0.717) is 21.0 Å². The number of benzene rings is 2. The van der Waals surface area contributed by atoms with E-state index in [2.05, 4.69) is 15.4 Å². The maximum absolute atomic E-state index is 12.8. The smallest absolute Gasteiger partial charge is 0.259 e. The molecular formula is C20H16ClN5OS. The number of anilines is 1. The highest BCUT2D eigenvalue weighted by Crippen LogP contribution is 2.20. The third-order valence-electron chi connectivity index (χ3n) is 4.34. The maximum Gasteiger partial charge on any atom is 0.259 e. The third kappa shape index (κ3) is 3.49. The van der Waals surface area contributed by atoms with E-state index in [9.17, 15) is 4.79 Å². The zero-order chi connectivity index (χ0) is 19.7. The Hall–Kier alpha value is -3.16. The van der Waals surface area contributed by atoms with Gasteiger partial charge in [0.05, 0.1) is 23.1 Å². The van der Waals surface area contributed by atoms with Crippen molar-refractivity contribution in [3.05, 3.63) is 88.2 Å². The number of amides is 1. The van der Waals surface area contributed by atoms with Gasteiger partial charge in [-0.1, -0.05) is 23.7 Å². The molecule has 0 saturated carbocycles. The number of rotatable bonds is 4. The van der Waals surface area contributed by atoms with E-state index in [4.69, 9.17) is 23.8 Å². The van der Waals surface area contributed by atoms with Crippen LogP contribution in [0.4, 0.5) is 5.69 Å². The van der Waals surface area contributed by atoms with E-state index in [0.717, 1.165) is 17.1 Å². The number of aromatic amines is 1. The first-order chi connectivity index (χ1) is 13.5. The Kier molecular flexibility index (Phi) is 4.85. The number of carbonyl (C=O) groups is 1. The molecule has 2 heterocycles. The molecule has 0 bridgehead atoms. The number of H-pyrrole nitrogens is 1. The average Bonchev–Trinajstić information content (AvgIpc) is 3.27. The number of hydrogen-bond donors (Lipinski definition) is 2. The summed E-state index contributed by atoms with van der Waals surface area (Å²) in [6.45, 7) is 1.85. The summed E-state index contributed by atoms with van der Waals surface area (Å²) in [5.74, 6) is -0.236. The molecule has 0 aliphatic rings. The topological polar surface area (TPSA) is 67.6 Å². The van der Waals surface area contributed by atoms with Gasteiger partial charge in [-0.2, -0.15) is 5.10 Å². The van der Waals surface area contributed by atoms with Crippen LogP contribution >= 0.6 is 23.8 Å². The van der Waals surface area contributed by atoms with Gasteiger partial charge in [-0.25, -0.2) is 4.68 Å². The molecule has 0 aliphatic heterocycles. The minimum atomic E-state index is -0.236. The molecule has 140 valence electrons. The third-order valence-corrected chi connectivity index (χ3v) is 4.89. The number of halogens is 1. The molecule has 2 aromatic carbocycles. The lowest BCUT2D eigenvalue weighted by atomic mass is 10.2. The van der Waals surface area contributed by atoms with Gasteiger partial charge in [0.15, 0.2) is 4.77 Å². The van der Waals surface area contributed by atoms with Gasteiger partial charge in [0.1, 0.15) is 0 Å². The van der Waals surface area contributed by atoms with Gasteiger partial charge in [0.25, 0.3) is 5.91 Å². The molecule has 0 atom stereocenters. The van der Waals surface area contributed by atoms with Gasteiger partial charge in [-0.15, -0.1) is 0 Å². The Morgan fingerprint density at radius 3 is 2.71 bits per heavy atom. The fraction of sp³-hybridized carbons (Fsp3) is 0.0500. The van der Waals surface area contributed by atoms with Gasteiger partial charge in [0.2, 0.25) is 0 Å². The van der Waals surface area contributed by atoms with E-state index in [1.54, 1.807) is 29.2 Å². The van der Waals surface area contributed by atoms with E-state index in [-0.39, 0.29) is 5.91 Å². The van der Waals surface area contributed by atoms with E-state index < -0.39 is 0 Å². The van der Waals surface area contributed by atoms with E-state index in [1.165, 1.54) is 0 Å². The Morgan fingerprint density at radius 2 is 1.96 bits per heavy atom. The Labute approximate surface area is 171 Å². The van der Waals surface area contributed by atoms with Crippen molar-refractivity contribution in [1.29, 1.82) is 0 Å². The van der Waals surface area contributed by atoms with Crippen molar-refractivity contribution in [2.45, 2.75) is 6.92 Å². The average molecular weight is 410 g/mol. The molecule has 0 aliphatic carbocycles. The summed E-state index contributed by atoms with van der Waals surface area (Å²) in [6.07, 6.45) is 5.15. The van der Waals surface area contributed by atoms with E-state index >= 15 is 0 Å². The van der Waals surface area contributed by atoms with Crippen LogP contribution in [-0.2, 0) is 0 Å². The zero-order valence-electron chi connectivity index (χ0n) is 14.9. The maximum atomic E-state index is 12.8. The number of nitrogens with zero attached hydrogens (tertiary/aromatic N) is 3. The molecule has 2 N–H and O–H groups in total. The van der Waals surface area contributed by atoms with Gasteiger partial charge >= 0.3 is 0 Å². The monoisotopic (exact) mass is 409 g/mol. The van der Waals surface area contributed by atoms with Crippen LogP contribution in [0.2, 0.25) is 5.02 Å². The van der Waals surface area contributed by atoms with Crippen LogP contribution < -0.4 is 5.32 Å². The van der Waals surface area contributed by atoms with Crippen molar-refractivity contribution >= 4 is 35.4 Å². The minimum absolute atomic E-state index is 0.236. The molecule has 2 aromatic heterocycles. The first-order valence-electron chi connectivity index (χ1n) is 8.51. The van der Waals surface area contributed by atoms with Gasteiger partial charge < -0.3 is 10.3 Å². The summed E-state index contributed by atoms with van der Waals surface area (Å²) >= 11 is 11.3. The number of aromatic nitrogens is 4. The van der Waals surface area contributed by atoms with Crippen LogP contribution in [0.15, 0.2) is 67.1 Å². The summed E-state index contributed by atoms with van der Waals surface area (Å²) in [4.78, 5) is 15.7. The van der Waals surface area contributed by atoms with Crippen LogP contribution in [0.5, 0.6) is 0 Å². The summed E-state index contributed by atoms with van der Waals surface area (Å²) in [5.41, 5.74) is 3.54.